The van der Waals surface area contributed by atoms with Crippen LogP contribution in [0.1, 0.15) is 29.5 Å². The van der Waals surface area contributed by atoms with Crippen LogP contribution in [-0.4, -0.2) is 47.6 Å². The fraction of sp³-hybridized carbons (Fsp3) is 0.333. The number of hydrogen-bond donors (Lipinski definition) is 3. The van der Waals surface area contributed by atoms with Crippen molar-refractivity contribution in [3.05, 3.63) is 114 Å². The molecule has 4 rings (SSSR count). The van der Waals surface area contributed by atoms with Crippen LogP contribution >= 0.6 is 0 Å². The third kappa shape index (κ3) is 9.41. The highest BCUT2D eigenvalue weighted by Gasteiger charge is 2.50. The van der Waals surface area contributed by atoms with Crippen LogP contribution in [0, 0.1) is 0 Å². The zero-order chi connectivity index (χ0) is 32.5. The molecule has 6 nitrogen and oxygen atoms in total. The normalized spacial score (nSPS) is 12.3. The van der Waals surface area contributed by atoms with Crippen molar-refractivity contribution in [1.82, 2.24) is 0 Å². The van der Waals surface area contributed by atoms with Crippen LogP contribution < -0.4 is 15.1 Å². The quantitative estimate of drug-likeness (QED) is 0.114. The zero-order valence-corrected chi connectivity index (χ0v) is 30.3. The molecule has 45 heavy (non-hydrogen) atoms. The van der Waals surface area contributed by atoms with Crippen molar-refractivity contribution in [2.75, 3.05) is 7.11 Å². The van der Waals surface area contributed by atoms with Gasteiger partial charge in [-0.2, -0.15) is 0 Å². The maximum atomic E-state index is 10.0. The highest BCUT2D eigenvalue weighted by Crippen LogP contribution is 2.30. The van der Waals surface area contributed by atoms with Gasteiger partial charge in [0.2, 0.25) is 0 Å². The number of hydrogen-bond acceptors (Lipinski definition) is 6. The van der Waals surface area contributed by atoms with Gasteiger partial charge in [0.25, 0.3) is 0 Å². The van der Waals surface area contributed by atoms with E-state index in [1.807, 2.05) is 36.4 Å². The topological polar surface area (TPSA) is 88.4 Å². The predicted molar refractivity (Wildman–Crippen MR) is 190 cm³/mol. The highest BCUT2D eigenvalue weighted by atomic mass is 28.5. The second kappa shape index (κ2) is 15.4. The van der Waals surface area contributed by atoms with Crippen LogP contribution in [0.15, 0.2) is 97.1 Å². The minimum atomic E-state index is -3.12. The number of rotatable bonds is 16. The minimum absolute atomic E-state index is 0.132. The Balaban J connectivity index is 1.58. The Morgan fingerprint density at radius 1 is 0.600 bits per heavy atom. The molecule has 4 aromatic rings. The van der Waals surface area contributed by atoms with Gasteiger partial charge in [-0.3, -0.25) is 0 Å². The Hall–Kier alpha value is -3.19. The number of aliphatic hydroxyl groups is 1. The summed E-state index contributed by atoms with van der Waals surface area (Å²) in [6, 6.07) is 34.1. The number of phenols is 2. The lowest BCUT2D eigenvalue weighted by atomic mass is 10.1. The van der Waals surface area contributed by atoms with E-state index in [4.69, 9.17) is 13.0 Å². The van der Waals surface area contributed by atoms with Gasteiger partial charge in [-0.1, -0.05) is 72.8 Å². The smallest absolute Gasteiger partial charge is 0.386 e. The van der Waals surface area contributed by atoms with Crippen molar-refractivity contribution >= 4 is 35.6 Å². The molecule has 0 bridgehead atoms. The molecule has 4 aromatic carbocycles. The SMILES string of the molecule is COc1cc(CCC[Si](C)(C)O[Si](O[Si](C)(C)CCCc2ccc(O)c(CO)c2)(c2ccccc2)c2ccccc2)ccc1O. The van der Waals surface area contributed by atoms with E-state index < -0.39 is 25.2 Å². The summed E-state index contributed by atoms with van der Waals surface area (Å²) < 4.78 is 20.3. The van der Waals surface area contributed by atoms with E-state index in [2.05, 4.69) is 74.7 Å². The molecule has 0 aliphatic heterocycles. The molecule has 0 unspecified atom stereocenters. The minimum Gasteiger partial charge on any atom is -0.508 e. The van der Waals surface area contributed by atoms with E-state index in [-0.39, 0.29) is 18.1 Å². The van der Waals surface area contributed by atoms with Gasteiger partial charge in [0, 0.05) is 5.56 Å². The lowest BCUT2D eigenvalue weighted by Crippen LogP contribution is -2.70. The number of aromatic hydroxyl groups is 2. The summed E-state index contributed by atoms with van der Waals surface area (Å²) in [6.45, 7) is 9.03. The van der Waals surface area contributed by atoms with Gasteiger partial charge in [0.05, 0.1) is 13.7 Å². The van der Waals surface area contributed by atoms with Gasteiger partial charge in [0.15, 0.2) is 28.1 Å². The highest BCUT2D eigenvalue weighted by molar-refractivity contribution is 7.02. The van der Waals surface area contributed by atoms with Crippen LogP contribution in [0.2, 0.25) is 38.3 Å². The lowest BCUT2D eigenvalue weighted by molar-refractivity contribution is 0.275. The number of aliphatic hydroxyl groups excluding tert-OH is 1. The first-order valence-electron chi connectivity index (χ1n) is 15.8. The molecule has 0 spiro atoms. The summed E-state index contributed by atoms with van der Waals surface area (Å²) >= 11 is 0. The Labute approximate surface area is 271 Å². The molecule has 0 heterocycles. The monoisotopic (exact) mass is 660 g/mol. The molecule has 9 heteroatoms. The van der Waals surface area contributed by atoms with Crippen LogP contribution in [0.4, 0.5) is 0 Å². The third-order valence-corrected chi connectivity index (χ3v) is 20.2. The molecule has 0 saturated heterocycles. The van der Waals surface area contributed by atoms with Crippen LogP contribution in [-0.2, 0) is 27.7 Å². The van der Waals surface area contributed by atoms with E-state index in [0.717, 1.165) is 59.3 Å². The van der Waals surface area contributed by atoms with Crippen LogP contribution in [0.3, 0.4) is 0 Å². The van der Waals surface area contributed by atoms with E-state index in [0.29, 0.717) is 11.3 Å². The zero-order valence-electron chi connectivity index (χ0n) is 27.3. The van der Waals surface area contributed by atoms with E-state index in [1.54, 1.807) is 19.2 Å². The van der Waals surface area contributed by atoms with Crippen LogP contribution in [0.25, 0.3) is 0 Å². The number of ether oxygens (including phenoxy) is 1. The average Bonchev–Trinajstić information content (AvgIpc) is 3.02. The summed E-state index contributed by atoms with van der Waals surface area (Å²) in [5.74, 6) is 0.787. The molecule has 0 saturated carbocycles. The second-order valence-corrected chi connectivity index (χ2v) is 25.0. The Bertz CT molecular complexity index is 1400. The summed E-state index contributed by atoms with van der Waals surface area (Å²) in [5.41, 5.74) is 2.80. The first-order valence-corrected chi connectivity index (χ1v) is 23.8. The molecule has 0 atom stereocenters. The number of phenolic OH excluding ortho intramolecular Hbond substituents is 1. The molecule has 3 N–H and O–H groups in total. The maximum Gasteiger partial charge on any atom is 0.386 e. The molecule has 0 fully saturated rings. The number of benzene rings is 4. The first-order chi connectivity index (χ1) is 21.5. The molecular weight excluding hydrogens is 613 g/mol. The Kier molecular flexibility index (Phi) is 11.9. The second-order valence-electron chi connectivity index (χ2n) is 12.9. The largest absolute Gasteiger partial charge is 0.508 e. The van der Waals surface area contributed by atoms with E-state index in [1.165, 1.54) is 0 Å². The van der Waals surface area contributed by atoms with Crippen molar-refractivity contribution in [2.45, 2.75) is 70.6 Å². The lowest BCUT2D eigenvalue weighted by Gasteiger charge is -2.43. The van der Waals surface area contributed by atoms with Crippen molar-refractivity contribution in [2.24, 2.45) is 0 Å². The van der Waals surface area contributed by atoms with Crippen molar-refractivity contribution in [3.63, 3.8) is 0 Å². The van der Waals surface area contributed by atoms with Crippen molar-refractivity contribution in [1.29, 1.82) is 0 Å². The van der Waals surface area contributed by atoms with E-state index in [9.17, 15) is 15.3 Å². The standard InChI is InChI=1S/C36H48O6Si3/c1-40-36-27-30(21-23-35(36)39)15-13-25-44(4,5)42-45(32-16-8-6-9-17-32,33-18-10-7-11-19-33)41-43(2,3)24-12-14-29-20-22-34(38)31(26-29)28-37/h6-11,16-23,26-27,37-39H,12-15,24-25,28H2,1-5H3. The molecule has 0 aliphatic carbocycles. The summed E-state index contributed by atoms with van der Waals surface area (Å²) in [5, 5.41) is 31.8. The van der Waals surface area contributed by atoms with E-state index >= 15 is 0 Å². The maximum absolute atomic E-state index is 10.0. The molecule has 240 valence electrons. The van der Waals surface area contributed by atoms with Crippen molar-refractivity contribution < 1.29 is 28.3 Å². The predicted octanol–water partition coefficient (Wildman–Crippen LogP) is 6.86. The number of aryl methyl sites for hydroxylation is 2. The summed E-state index contributed by atoms with van der Waals surface area (Å²) in [6.07, 6.45) is 3.63. The van der Waals surface area contributed by atoms with Gasteiger partial charge in [-0.25, -0.2) is 0 Å². The van der Waals surface area contributed by atoms with Gasteiger partial charge in [0.1, 0.15) is 5.75 Å². The Morgan fingerprint density at radius 2 is 1.07 bits per heavy atom. The van der Waals surface area contributed by atoms with Gasteiger partial charge in [-0.05, 0) is 110 Å². The molecule has 0 amide bonds. The van der Waals surface area contributed by atoms with Gasteiger partial charge >= 0.3 is 8.56 Å². The third-order valence-electron chi connectivity index (χ3n) is 8.19. The fourth-order valence-corrected chi connectivity index (χ4v) is 19.0. The molecule has 0 aromatic heterocycles. The summed E-state index contributed by atoms with van der Waals surface area (Å²) in [4.78, 5) is 0. The van der Waals surface area contributed by atoms with Gasteiger partial charge < -0.3 is 28.3 Å². The fourth-order valence-electron chi connectivity index (χ4n) is 5.85. The Morgan fingerprint density at radius 3 is 1.53 bits per heavy atom. The first kappa shape index (κ1) is 34.7. The van der Waals surface area contributed by atoms with Crippen LogP contribution in [0.5, 0.6) is 17.2 Å². The molecule has 0 radical (unpaired) electrons. The average molecular weight is 661 g/mol. The van der Waals surface area contributed by atoms with Gasteiger partial charge in [-0.15, -0.1) is 0 Å². The van der Waals surface area contributed by atoms with Crippen molar-refractivity contribution in [3.8, 4) is 17.2 Å². The summed E-state index contributed by atoms with van der Waals surface area (Å²) in [7, 11) is -6.07. The number of methoxy groups -OCH3 is 1. The molecule has 0 aliphatic rings. The molecular formula is C36H48O6Si3.